The Morgan fingerprint density at radius 2 is 2.08 bits per heavy atom. The zero-order valence-electron chi connectivity index (χ0n) is 8.51. The highest BCUT2D eigenvalue weighted by atomic mass is 14.9. The summed E-state index contributed by atoms with van der Waals surface area (Å²) < 4.78 is 0. The van der Waals surface area contributed by atoms with Crippen LogP contribution in [-0.4, -0.2) is 19.1 Å². The first-order chi connectivity index (χ1) is 5.72. The molecular weight excluding hydrogens is 148 g/mol. The van der Waals surface area contributed by atoms with Crippen molar-refractivity contribution in [1.82, 2.24) is 5.32 Å². The summed E-state index contributed by atoms with van der Waals surface area (Å²) >= 11 is 0. The molecule has 0 saturated heterocycles. The number of nitrogens with one attached hydrogen (secondary N) is 1. The van der Waals surface area contributed by atoms with Crippen molar-refractivity contribution >= 4 is 0 Å². The van der Waals surface area contributed by atoms with Crippen molar-refractivity contribution in [1.29, 1.82) is 0 Å². The van der Waals surface area contributed by atoms with Crippen molar-refractivity contribution in [2.75, 3.05) is 13.1 Å². The molecule has 0 aromatic carbocycles. The van der Waals surface area contributed by atoms with Gasteiger partial charge in [0.05, 0.1) is 0 Å². The molecule has 0 bridgehead atoms. The highest BCUT2D eigenvalue weighted by molar-refractivity contribution is 4.79. The second-order valence-corrected chi connectivity index (χ2v) is 3.40. The Balaban J connectivity index is 3.45. The van der Waals surface area contributed by atoms with Crippen molar-refractivity contribution in [3.05, 3.63) is 12.2 Å². The second-order valence-electron chi connectivity index (χ2n) is 3.40. The average Bonchev–Trinajstić information content (AvgIpc) is 2.04. The van der Waals surface area contributed by atoms with Crippen LogP contribution in [0.15, 0.2) is 12.2 Å². The van der Waals surface area contributed by atoms with Gasteiger partial charge >= 0.3 is 0 Å². The molecule has 2 heteroatoms. The predicted molar refractivity (Wildman–Crippen MR) is 55.1 cm³/mol. The molecule has 0 aliphatic carbocycles. The second kappa shape index (κ2) is 7.32. The van der Waals surface area contributed by atoms with Crippen LogP contribution in [0.4, 0.5) is 0 Å². The Kier molecular flexibility index (Phi) is 7.11. The summed E-state index contributed by atoms with van der Waals surface area (Å²) in [7, 11) is 0. The maximum Gasteiger partial charge on any atom is 0.0213 e. The number of allylic oxidation sites excluding steroid dienone is 1. The Bertz CT molecular complexity index is 119. The van der Waals surface area contributed by atoms with Gasteiger partial charge in [-0.2, -0.15) is 0 Å². The Morgan fingerprint density at radius 1 is 1.42 bits per heavy atom. The summed E-state index contributed by atoms with van der Waals surface area (Å²) in [6.07, 6.45) is 5.34. The lowest BCUT2D eigenvalue weighted by Crippen LogP contribution is -2.40. The molecule has 0 aliphatic heterocycles. The van der Waals surface area contributed by atoms with Crippen LogP contribution >= 0.6 is 0 Å². The molecule has 0 radical (unpaired) electrons. The van der Waals surface area contributed by atoms with Crippen LogP contribution in [0.2, 0.25) is 0 Å². The third kappa shape index (κ3) is 5.33. The topological polar surface area (TPSA) is 38.0 Å². The molecule has 2 nitrogen and oxygen atoms in total. The zero-order valence-corrected chi connectivity index (χ0v) is 8.51. The van der Waals surface area contributed by atoms with Gasteiger partial charge in [-0.25, -0.2) is 0 Å². The lowest BCUT2D eigenvalue weighted by molar-refractivity contribution is 0.410. The van der Waals surface area contributed by atoms with Crippen molar-refractivity contribution in [3.63, 3.8) is 0 Å². The molecule has 3 N–H and O–H groups in total. The normalized spacial score (nSPS) is 14.4. The van der Waals surface area contributed by atoms with Gasteiger partial charge in [0.1, 0.15) is 0 Å². The molecule has 1 unspecified atom stereocenters. The summed E-state index contributed by atoms with van der Waals surface area (Å²) in [6.45, 7) is 8.20. The van der Waals surface area contributed by atoms with Gasteiger partial charge in [0.25, 0.3) is 0 Å². The lowest BCUT2D eigenvalue weighted by atomic mass is 10.0. The summed E-state index contributed by atoms with van der Waals surface area (Å²) in [5.74, 6) is 0.626. The van der Waals surface area contributed by atoms with E-state index in [0.717, 1.165) is 19.5 Å². The molecule has 0 fully saturated rings. The SMILES string of the molecule is C/C=C/CCNC(CN)C(C)C. The fourth-order valence-corrected chi connectivity index (χ4v) is 1.11. The van der Waals surface area contributed by atoms with E-state index in [-0.39, 0.29) is 0 Å². The standard InChI is InChI=1S/C10H22N2/c1-4-5-6-7-12-10(8-11)9(2)3/h4-5,9-10,12H,6-8,11H2,1-3H3/b5-4+. The maximum atomic E-state index is 5.61. The minimum Gasteiger partial charge on any atom is -0.329 e. The number of rotatable bonds is 6. The van der Waals surface area contributed by atoms with Crippen LogP contribution in [0.1, 0.15) is 27.2 Å². The highest BCUT2D eigenvalue weighted by Crippen LogP contribution is 1.98. The minimum atomic E-state index is 0.468. The zero-order chi connectivity index (χ0) is 9.40. The monoisotopic (exact) mass is 170 g/mol. The molecule has 0 aromatic heterocycles. The molecular formula is C10H22N2. The average molecular weight is 170 g/mol. The van der Waals surface area contributed by atoms with Gasteiger partial charge < -0.3 is 11.1 Å². The Labute approximate surface area is 76.2 Å². The molecule has 12 heavy (non-hydrogen) atoms. The highest BCUT2D eigenvalue weighted by Gasteiger charge is 2.08. The fraction of sp³-hybridized carbons (Fsp3) is 0.800. The molecule has 0 saturated carbocycles. The first-order valence-electron chi connectivity index (χ1n) is 4.77. The van der Waals surface area contributed by atoms with E-state index in [1.54, 1.807) is 0 Å². The minimum absolute atomic E-state index is 0.468. The van der Waals surface area contributed by atoms with E-state index in [2.05, 4.69) is 31.3 Å². The quantitative estimate of drug-likeness (QED) is 0.468. The van der Waals surface area contributed by atoms with E-state index in [0.29, 0.717) is 12.0 Å². The van der Waals surface area contributed by atoms with Crippen LogP contribution in [0.5, 0.6) is 0 Å². The molecule has 0 spiro atoms. The van der Waals surface area contributed by atoms with Gasteiger partial charge in [-0.15, -0.1) is 0 Å². The van der Waals surface area contributed by atoms with Crippen LogP contribution < -0.4 is 11.1 Å². The third-order valence-corrected chi connectivity index (χ3v) is 2.01. The van der Waals surface area contributed by atoms with Gasteiger partial charge in [-0.05, 0) is 25.8 Å². The molecule has 72 valence electrons. The van der Waals surface area contributed by atoms with E-state index < -0.39 is 0 Å². The van der Waals surface area contributed by atoms with Crippen molar-refractivity contribution in [2.45, 2.75) is 33.2 Å². The summed E-state index contributed by atoms with van der Waals surface area (Å²) in [5.41, 5.74) is 5.61. The Hall–Kier alpha value is -0.340. The van der Waals surface area contributed by atoms with E-state index in [1.807, 2.05) is 6.92 Å². The summed E-state index contributed by atoms with van der Waals surface area (Å²) in [5, 5.41) is 3.43. The van der Waals surface area contributed by atoms with Crippen LogP contribution in [0.3, 0.4) is 0 Å². The molecule has 0 rings (SSSR count). The van der Waals surface area contributed by atoms with E-state index in [9.17, 15) is 0 Å². The van der Waals surface area contributed by atoms with Gasteiger partial charge in [0, 0.05) is 12.6 Å². The largest absolute Gasteiger partial charge is 0.329 e. The first kappa shape index (κ1) is 11.7. The fourth-order valence-electron chi connectivity index (χ4n) is 1.11. The maximum absolute atomic E-state index is 5.61. The van der Waals surface area contributed by atoms with E-state index >= 15 is 0 Å². The van der Waals surface area contributed by atoms with Gasteiger partial charge in [-0.3, -0.25) is 0 Å². The van der Waals surface area contributed by atoms with Crippen molar-refractivity contribution < 1.29 is 0 Å². The lowest BCUT2D eigenvalue weighted by Gasteiger charge is -2.19. The predicted octanol–water partition coefficient (Wildman–Crippen LogP) is 1.53. The smallest absolute Gasteiger partial charge is 0.0213 e. The third-order valence-electron chi connectivity index (χ3n) is 2.01. The molecule has 0 aliphatic rings. The van der Waals surface area contributed by atoms with E-state index in [4.69, 9.17) is 5.73 Å². The van der Waals surface area contributed by atoms with E-state index in [1.165, 1.54) is 0 Å². The Morgan fingerprint density at radius 3 is 2.50 bits per heavy atom. The van der Waals surface area contributed by atoms with Crippen molar-refractivity contribution in [3.8, 4) is 0 Å². The van der Waals surface area contributed by atoms with Crippen LogP contribution in [-0.2, 0) is 0 Å². The van der Waals surface area contributed by atoms with Crippen molar-refractivity contribution in [2.24, 2.45) is 11.7 Å². The summed E-state index contributed by atoms with van der Waals surface area (Å²) in [4.78, 5) is 0. The van der Waals surface area contributed by atoms with Gasteiger partial charge in [0.2, 0.25) is 0 Å². The van der Waals surface area contributed by atoms with Crippen LogP contribution in [0.25, 0.3) is 0 Å². The molecule has 0 heterocycles. The summed E-state index contributed by atoms with van der Waals surface area (Å²) in [6, 6.07) is 0.468. The van der Waals surface area contributed by atoms with Gasteiger partial charge in [-0.1, -0.05) is 26.0 Å². The molecule has 1 atom stereocenters. The first-order valence-corrected chi connectivity index (χ1v) is 4.77. The molecule has 0 aromatic rings. The van der Waals surface area contributed by atoms with Gasteiger partial charge in [0.15, 0.2) is 0 Å². The number of hydrogen-bond acceptors (Lipinski definition) is 2. The van der Waals surface area contributed by atoms with Crippen LogP contribution in [0, 0.1) is 5.92 Å². The molecule has 0 amide bonds. The number of hydrogen-bond donors (Lipinski definition) is 2. The number of nitrogens with two attached hydrogens (primary N) is 1.